The Kier molecular flexibility index (Phi) is 1.24. The van der Waals surface area contributed by atoms with Crippen LogP contribution in [-0.2, 0) is 9.59 Å². The number of ketones is 2. The fourth-order valence-electron chi connectivity index (χ4n) is 1.04. The van der Waals surface area contributed by atoms with Gasteiger partial charge in [0.25, 0.3) is 0 Å². The predicted octanol–water partition coefficient (Wildman–Crippen LogP) is 0.574. The van der Waals surface area contributed by atoms with Crippen LogP contribution in [0.25, 0.3) is 0 Å². The molecule has 0 saturated heterocycles. The van der Waals surface area contributed by atoms with Crippen molar-refractivity contribution in [3.63, 3.8) is 0 Å². The topological polar surface area (TPSA) is 58.0 Å². The summed E-state index contributed by atoms with van der Waals surface area (Å²) in [7, 11) is 0. The second-order valence-electron chi connectivity index (χ2n) is 3.19. The van der Waals surface area contributed by atoms with Crippen molar-refractivity contribution in [1.82, 2.24) is 0 Å². The van der Waals surface area contributed by atoms with Crippen molar-refractivity contribution in [1.29, 1.82) is 5.41 Å². The number of carbonyl (C=O) groups excluding carboxylic acids is 2. The van der Waals surface area contributed by atoms with Gasteiger partial charge in [-0.2, -0.15) is 0 Å². The van der Waals surface area contributed by atoms with Crippen molar-refractivity contribution >= 4 is 17.3 Å². The first-order valence-electron chi connectivity index (χ1n) is 3.12. The van der Waals surface area contributed by atoms with Crippen molar-refractivity contribution in [2.24, 2.45) is 5.41 Å². The SMILES string of the molecule is CC1(C)CC(=O)C(=N)C1=O. The van der Waals surface area contributed by atoms with Crippen LogP contribution in [0.5, 0.6) is 0 Å². The molecule has 1 fully saturated rings. The third-order valence-electron chi connectivity index (χ3n) is 1.72. The summed E-state index contributed by atoms with van der Waals surface area (Å²) in [6.45, 7) is 3.38. The van der Waals surface area contributed by atoms with E-state index in [9.17, 15) is 9.59 Å². The smallest absolute Gasteiger partial charge is 0.190 e. The minimum atomic E-state index is -0.617. The molecule has 0 unspecified atom stereocenters. The first-order valence-corrected chi connectivity index (χ1v) is 3.12. The van der Waals surface area contributed by atoms with Gasteiger partial charge in [0, 0.05) is 11.8 Å². The molecular formula is C7H9NO2. The summed E-state index contributed by atoms with van der Waals surface area (Å²) in [5.41, 5.74) is -0.946. The lowest BCUT2D eigenvalue weighted by Crippen LogP contribution is -2.21. The normalized spacial score (nSPS) is 24.0. The van der Waals surface area contributed by atoms with Crippen LogP contribution in [-0.4, -0.2) is 17.3 Å². The Hall–Kier alpha value is -0.990. The lowest BCUT2D eigenvalue weighted by Gasteiger charge is -2.10. The molecule has 0 radical (unpaired) electrons. The standard InChI is InChI=1S/C7H9NO2/c1-7(2)3-4(9)5(8)6(7)10/h8H,3H2,1-2H3. The largest absolute Gasteiger partial charge is 0.294 e. The molecule has 0 heterocycles. The van der Waals surface area contributed by atoms with E-state index in [1.54, 1.807) is 13.8 Å². The Morgan fingerprint density at radius 1 is 1.40 bits per heavy atom. The number of hydrogen-bond acceptors (Lipinski definition) is 3. The molecule has 0 aromatic rings. The molecule has 1 aliphatic carbocycles. The Labute approximate surface area is 58.9 Å². The lowest BCUT2D eigenvalue weighted by atomic mass is 9.91. The van der Waals surface area contributed by atoms with E-state index in [2.05, 4.69) is 0 Å². The highest BCUT2D eigenvalue weighted by Gasteiger charge is 2.42. The van der Waals surface area contributed by atoms with E-state index in [0.29, 0.717) is 0 Å². The summed E-state index contributed by atoms with van der Waals surface area (Å²) in [4.78, 5) is 21.7. The number of carbonyl (C=O) groups is 2. The molecule has 1 rings (SSSR count). The molecular weight excluding hydrogens is 130 g/mol. The molecule has 0 bridgehead atoms. The zero-order valence-electron chi connectivity index (χ0n) is 6.02. The molecule has 1 aliphatic rings. The summed E-state index contributed by atoms with van der Waals surface area (Å²) >= 11 is 0. The second kappa shape index (κ2) is 1.75. The van der Waals surface area contributed by atoms with Gasteiger partial charge in [-0.15, -0.1) is 0 Å². The summed E-state index contributed by atoms with van der Waals surface area (Å²) in [6, 6.07) is 0. The molecule has 0 aromatic carbocycles. The minimum absolute atomic E-state index is 0.199. The van der Waals surface area contributed by atoms with E-state index in [0.717, 1.165) is 0 Å². The van der Waals surface area contributed by atoms with E-state index in [4.69, 9.17) is 5.41 Å². The number of hydrogen-bond donors (Lipinski definition) is 1. The number of Topliss-reactive ketones (excluding diaryl/α,β-unsaturated/α-hetero) is 2. The van der Waals surface area contributed by atoms with Gasteiger partial charge < -0.3 is 0 Å². The van der Waals surface area contributed by atoms with E-state index in [1.807, 2.05) is 0 Å². The monoisotopic (exact) mass is 139 g/mol. The summed E-state index contributed by atoms with van der Waals surface area (Å²) in [5, 5.41) is 7.02. The van der Waals surface area contributed by atoms with Gasteiger partial charge in [0.05, 0.1) is 0 Å². The van der Waals surface area contributed by atoms with Gasteiger partial charge in [-0.3, -0.25) is 15.0 Å². The minimum Gasteiger partial charge on any atom is -0.294 e. The Morgan fingerprint density at radius 2 is 1.90 bits per heavy atom. The van der Waals surface area contributed by atoms with Gasteiger partial charge in [0.2, 0.25) is 0 Å². The highest BCUT2D eigenvalue weighted by Crippen LogP contribution is 2.28. The number of nitrogens with one attached hydrogen (secondary N) is 1. The van der Waals surface area contributed by atoms with E-state index >= 15 is 0 Å². The van der Waals surface area contributed by atoms with E-state index in [-0.39, 0.29) is 23.7 Å². The molecule has 1 saturated carbocycles. The molecule has 0 atom stereocenters. The summed E-state index contributed by atoms with van der Waals surface area (Å²) < 4.78 is 0. The predicted molar refractivity (Wildman–Crippen MR) is 36.1 cm³/mol. The average Bonchev–Trinajstić information content (AvgIpc) is 1.95. The second-order valence-corrected chi connectivity index (χ2v) is 3.19. The summed E-state index contributed by atoms with van der Waals surface area (Å²) in [5.74, 6) is -0.646. The average molecular weight is 139 g/mol. The van der Waals surface area contributed by atoms with Gasteiger partial charge in [0.15, 0.2) is 11.6 Å². The third-order valence-corrected chi connectivity index (χ3v) is 1.72. The molecule has 1 N–H and O–H groups in total. The molecule has 0 aromatic heterocycles. The van der Waals surface area contributed by atoms with Gasteiger partial charge in [-0.1, -0.05) is 13.8 Å². The Morgan fingerprint density at radius 3 is 2.00 bits per heavy atom. The van der Waals surface area contributed by atoms with Crippen LogP contribution in [0.15, 0.2) is 0 Å². The van der Waals surface area contributed by atoms with Crippen molar-refractivity contribution in [3.8, 4) is 0 Å². The fourth-order valence-corrected chi connectivity index (χ4v) is 1.04. The fraction of sp³-hybridized carbons (Fsp3) is 0.571. The molecule has 0 spiro atoms. The van der Waals surface area contributed by atoms with E-state index in [1.165, 1.54) is 0 Å². The molecule has 3 nitrogen and oxygen atoms in total. The molecule has 0 aliphatic heterocycles. The summed E-state index contributed by atoms with van der Waals surface area (Å²) in [6.07, 6.45) is 0.199. The maximum atomic E-state index is 11.0. The van der Waals surface area contributed by atoms with Gasteiger partial charge in [-0.25, -0.2) is 0 Å². The van der Waals surface area contributed by atoms with Crippen LogP contribution in [0.4, 0.5) is 0 Å². The van der Waals surface area contributed by atoms with Crippen LogP contribution in [0.3, 0.4) is 0 Å². The third kappa shape index (κ3) is 0.781. The zero-order chi connectivity index (χ0) is 7.94. The Balaban J connectivity index is 3.04. The highest BCUT2D eigenvalue weighted by molar-refractivity contribution is 6.69. The molecule has 3 heteroatoms. The zero-order valence-corrected chi connectivity index (χ0v) is 6.02. The maximum absolute atomic E-state index is 11.0. The van der Waals surface area contributed by atoms with Crippen LogP contribution < -0.4 is 0 Å². The quantitative estimate of drug-likeness (QED) is 0.533. The van der Waals surface area contributed by atoms with Gasteiger partial charge >= 0.3 is 0 Å². The van der Waals surface area contributed by atoms with Crippen LogP contribution in [0.2, 0.25) is 0 Å². The van der Waals surface area contributed by atoms with Gasteiger partial charge in [-0.05, 0) is 0 Å². The van der Waals surface area contributed by atoms with Crippen LogP contribution >= 0.6 is 0 Å². The van der Waals surface area contributed by atoms with Crippen LogP contribution in [0, 0.1) is 10.8 Å². The Bertz CT molecular complexity index is 228. The van der Waals surface area contributed by atoms with Crippen molar-refractivity contribution < 1.29 is 9.59 Å². The van der Waals surface area contributed by atoms with Crippen molar-refractivity contribution in [2.45, 2.75) is 20.3 Å². The maximum Gasteiger partial charge on any atom is 0.190 e. The first kappa shape index (κ1) is 7.12. The van der Waals surface area contributed by atoms with Crippen molar-refractivity contribution in [3.05, 3.63) is 0 Å². The number of rotatable bonds is 0. The molecule has 0 amide bonds. The van der Waals surface area contributed by atoms with Crippen LogP contribution in [0.1, 0.15) is 20.3 Å². The van der Waals surface area contributed by atoms with E-state index < -0.39 is 5.41 Å². The van der Waals surface area contributed by atoms with Crippen molar-refractivity contribution in [2.75, 3.05) is 0 Å². The lowest BCUT2D eigenvalue weighted by molar-refractivity contribution is -0.120. The first-order chi connectivity index (χ1) is 4.45. The molecule has 10 heavy (non-hydrogen) atoms. The van der Waals surface area contributed by atoms with Gasteiger partial charge in [0.1, 0.15) is 5.71 Å². The molecule has 54 valence electrons. The highest BCUT2D eigenvalue weighted by atomic mass is 16.2.